The first-order chi connectivity index (χ1) is 13.1. The van der Waals surface area contributed by atoms with Crippen LogP contribution in [0.25, 0.3) is 6.08 Å². The maximum atomic E-state index is 12.5. The van der Waals surface area contributed by atoms with Crippen LogP contribution in [0.5, 0.6) is 0 Å². The molecule has 0 aromatic heterocycles. The van der Waals surface area contributed by atoms with Gasteiger partial charge in [0.1, 0.15) is 25.7 Å². The molecule has 2 aromatic rings. The Bertz CT molecular complexity index is 760. The van der Waals surface area contributed by atoms with Crippen LogP contribution < -0.4 is 10.2 Å². The van der Waals surface area contributed by atoms with Crippen LogP contribution in [0.3, 0.4) is 0 Å². The molecule has 0 spiro atoms. The van der Waals surface area contributed by atoms with E-state index < -0.39 is 0 Å². The lowest BCUT2D eigenvalue weighted by atomic mass is 10.0. The van der Waals surface area contributed by atoms with Gasteiger partial charge in [0.2, 0.25) is 5.91 Å². The predicted octanol–water partition coefficient (Wildman–Crippen LogP) is 2.09. The topological polar surface area (TPSA) is 42.8 Å². The van der Waals surface area contributed by atoms with Gasteiger partial charge in [-0.25, -0.2) is 0 Å². The molecule has 1 atom stereocenters. The summed E-state index contributed by atoms with van der Waals surface area (Å²) in [7, 11) is 0. The summed E-state index contributed by atoms with van der Waals surface area (Å²) in [6.07, 6.45) is 3.49. The van der Waals surface area contributed by atoms with E-state index in [1.54, 1.807) is 6.08 Å². The minimum absolute atomic E-state index is 0.00568. The standard InChI is InChI=1S/C23H28N2O2/c1-18-3-7-20(8-4-18)9-12-23(26)24-22(17-25-13-15-27-16-14-25)21-10-5-19(2)6-11-21/h3-12,22H,13-17H2,1-2H3,(H,24,26)/p+1/b12-9+/t22-/m1/s1. The highest BCUT2D eigenvalue weighted by Crippen LogP contribution is 2.13. The predicted molar refractivity (Wildman–Crippen MR) is 109 cm³/mol. The van der Waals surface area contributed by atoms with Gasteiger partial charge in [-0.05, 0) is 31.1 Å². The fraction of sp³-hybridized carbons (Fsp3) is 0.348. The average molecular weight is 365 g/mol. The van der Waals surface area contributed by atoms with Crippen LogP contribution in [0, 0.1) is 13.8 Å². The molecule has 3 rings (SSSR count). The molecular weight excluding hydrogens is 336 g/mol. The fourth-order valence-electron chi connectivity index (χ4n) is 3.27. The van der Waals surface area contributed by atoms with E-state index >= 15 is 0 Å². The number of quaternary nitrogens is 1. The molecule has 1 aliphatic heterocycles. The lowest BCUT2D eigenvalue weighted by Gasteiger charge is -2.28. The van der Waals surface area contributed by atoms with Crippen molar-refractivity contribution in [2.24, 2.45) is 0 Å². The Balaban J connectivity index is 1.68. The fourth-order valence-corrected chi connectivity index (χ4v) is 3.27. The normalized spacial score (nSPS) is 16.4. The van der Waals surface area contributed by atoms with Crippen molar-refractivity contribution < 1.29 is 14.4 Å². The summed E-state index contributed by atoms with van der Waals surface area (Å²) < 4.78 is 5.46. The van der Waals surface area contributed by atoms with Gasteiger partial charge in [0.05, 0.1) is 13.2 Å². The highest BCUT2D eigenvalue weighted by molar-refractivity contribution is 5.92. The molecule has 4 heteroatoms. The van der Waals surface area contributed by atoms with Crippen molar-refractivity contribution in [3.63, 3.8) is 0 Å². The summed E-state index contributed by atoms with van der Waals surface area (Å²) >= 11 is 0. The summed E-state index contributed by atoms with van der Waals surface area (Å²) in [6, 6.07) is 16.6. The van der Waals surface area contributed by atoms with Crippen LogP contribution >= 0.6 is 0 Å². The third kappa shape index (κ3) is 6.05. The molecule has 0 radical (unpaired) electrons. The first-order valence-electron chi connectivity index (χ1n) is 9.63. The van der Waals surface area contributed by atoms with E-state index in [0.717, 1.165) is 44.0 Å². The zero-order valence-corrected chi connectivity index (χ0v) is 16.2. The van der Waals surface area contributed by atoms with Gasteiger partial charge in [0.25, 0.3) is 0 Å². The molecule has 0 unspecified atom stereocenters. The molecular formula is C23H29N2O2+. The number of hydrogen-bond donors (Lipinski definition) is 2. The number of nitrogens with one attached hydrogen (secondary N) is 2. The summed E-state index contributed by atoms with van der Waals surface area (Å²) in [5.41, 5.74) is 4.62. The molecule has 1 heterocycles. The van der Waals surface area contributed by atoms with Gasteiger partial charge >= 0.3 is 0 Å². The van der Waals surface area contributed by atoms with Crippen molar-refractivity contribution in [3.8, 4) is 0 Å². The Morgan fingerprint density at radius 3 is 2.26 bits per heavy atom. The van der Waals surface area contributed by atoms with Crippen molar-refractivity contribution in [2.75, 3.05) is 32.8 Å². The smallest absolute Gasteiger partial charge is 0.244 e. The molecule has 1 amide bonds. The van der Waals surface area contributed by atoms with Gasteiger partial charge in [-0.15, -0.1) is 0 Å². The largest absolute Gasteiger partial charge is 0.370 e. The van der Waals surface area contributed by atoms with Crippen molar-refractivity contribution in [1.82, 2.24) is 5.32 Å². The van der Waals surface area contributed by atoms with Crippen LogP contribution in [-0.2, 0) is 9.53 Å². The Morgan fingerprint density at radius 2 is 1.63 bits per heavy atom. The van der Waals surface area contributed by atoms with Crippen LogP contribution in [-0.4, -0.2) is 38.8 Å². The Kier molecular flexibility index (Phi) is 6.80. The van der Waals surface area contributed by atoms with E-state index in [0.29, 0.717) is 0 Å². The van der Waals surface area contributed by atoms with Gasteiger partial charge in [0, 0.05) is 6.08 Å². The highest BCUT2D eigenvalue weighted by Gasteiger charge is 2.22. The number of hydrogen-bond acceptors (Lipinski definition) is 2. The Labute approximate surface area is 161 Å². The number of benzene rings is 2. The summed E-state index contributed by atoms with van der Waals surface area (Å²) in [4.78, 5) is 14.0. The molecule has 0 saturated carbocycles. The molecule has 0 bridgehead atoms. The minimum Gasteiger partial charge on any atom is -0.370 e. The van der Waals surface area contributed by atoms with Gasteiger partial charge in [-0.3, -0.25) is 4.79 Å². The maximum Gasteiger partial charge on any atom is 0.244 e. The third-order valence-electron chi connectivity index (χ3n) is 4.99. The van der Waals surface area contributed by atoms with Crippen LogP contribution in [0.15, 0.2) is 54.6 Å². The summed E-state index contributed by atoms with van der Waals surface area (Å²) in [5.74, 6) is -0.0613. The molecule has 2 N–H and O–H groups in total. The second-order valence-electron chi connectivity index (χ2n) is 7.28. The summed E-state index contributed by atoms with van der Waals surface area (Å²) in [5, 5.41) is 3.19. The van der Waals surface area contributed by atoms with Crippen molar-refractivity contribution in [3.05, 3.63) is 76.9 Å². The van der Waals surface area contributed by atoms with E-state index in [1.165, 1.54) is 16.0 Å². The minimum atomic E-state index is -0.0613. The first-order valence-corrected chi connectivity index (χ1v) is 9.63. The van der Waals surface area contributed by atoms with Crippen LogP contribution in [0.4, 0.5) is 0 Å². The van der Waals surface area contributed by atoms with Crippen molar-refractivity contribution in [2.45, 2.75) is 19.9 Å². The Hall–Kier alpha value is -2.43. The van der Waals surface area contributed by atoms with Crippen molar-refractivity contribution in [1.29, 1.82) is 0 Å². The number of carbonyl (C=O) groups is 1. The third-order valence-corrected chi connectivity index (χ3v) is 4.99. The molecule has 2 aromatic carbocycles. The lowest BCUT2D eigenvalue weighted by molar-refractivity contribution is -0.909. The number of rotatable bonds is 6. The number of carbonyl (C=O) groups excluding carboxylic acids is 1. The second kappa shape index (κ2) is 9.49. The molecule has 27 heavy (non-hydrogen) atoms. The van der Waals surface area contributed by atoms with E-state index in [2.05, 4.69) is 55.6 Å². The zero-order valence-electron chi connectivity index (χ0n) is 16.2. The number of amides is 1. The average Bonchev–Trinajstić information content (AvgIpc) is 2.68. The zero-order chi connectivity index (χ0) is 19.1. The quantitative estimate of drug-likeness (QED) is 0.770. The van der Waals surface area contributed by atoms with Gasteiger partial charge < -0.3 is 15.0 Å². The van der Waals surface area contributed by atoms with E-state index in [1.807, 2.05) is 18.2 Å². The number of morpholine rings is 1. The molecule has 1 aliphatic rings. The SMILES string of the molecule is Cc1ccc(/C=C/C(=O)N[C@H](C[NH+]2CCOCC2)c2ccc(C)cc2)cc1. The van der Waals surface area contributed by atoms with E-state index in [4.69, 9.17) is 4.74 Å². The monoisotopic (exact) mass is 365 g/mol. The van der Waals surface area contributed by atoms with Crippen LogP contribution in [0.1, 0.15) is 28.3 Å². The molecule has 1 fully saturated rings. The number of ether oxygens (including phenoxy) is 1. The first kappa shape index (κ1) is 19.3. The Morgan fingerprint density at radius 1 is 1.04 bits per heavy atom. The van der Waals surface area contributed by atoms with E-state index in [-0.39, 0.29) is 11.9 Å². The molecule has 0 aliphatic carbocycles. The van der Waals surface area contributed by atoms with Crippen LogP contribution in [0.2, 0.25) is 0 Å². The molecule has 4 nitrogen and oxygen atoms in total. The highest BCUT2D eigenvalue weighted by atomic mass is 16.5. The van der Waals surface area contributed by atoms with Gasteiger partial charge in [-0.1, -0.05) is 59.7 Å². The van der Waals surface area contributed by atoms with Gasteiger partial charge in [-0.2, -0.15) is 0 Å². The number of aryl methyl sites for hydroxylation is 2. The van der Waals surface area contributed by atoms with E-state index in [9.17, 15) is 4.79 Å². The molecule has 142 valence electrons. The van der Waals surface area contributed by atoms with Crippen molar-refractivity contribution >= 4 is 12.0 Å². The molecule has 1 saturated heterocycles. The van der Waals surface area contributed by atoms with Gasteiger partial charge in [0.15, 0.2) is 0 Å². The maximum absolute atomic E-state index is 12.5. The lowest BCUT2D eigenvalue weighted by Crippen LogP contribution is -3.14. The summed E-state index contributed by atoms with van der Waals surface area (Å²) in [6.45, 7) is 8.55. The second-order valence-corrected chi connectivity index (χ2v) is 7.28.